The van der Waals surface area contributed by atoms with Crippen molar-refractivity contribution >= 4 is 34.1 Å². The van der Waals surface area contributed by atoms with Crippen LogP contribution in [0.25, 0.3) is 22.2 Å². The number of hydrazone groups is 1. The predicted octanol–water partition coefficient (Wildman–Crippen LogP) is 4.72. The third-order valence-electron chi connectivity index (χ3n) is 5.09. The topological polar surface area (TPSA) is 104 Å². The fraction of sp³-hybridized carbons (Fsp3) is 0.0769. The number of para-hydroxylation sites is 2. The fourth-order valence-corrected chi connectivity index (χ4v) is 3.45. The molecule has 4 aromatic rings. The molecule has 7 nitrogen and oxygen atoms in total. The smallest absolute Gasteiger partial charge is 0.272 e. The Kier molecular flexibility index (Phi) is 6.13. The number of nitrogens with zero attached hydrogens (tertiary/aromatic N) is 2. The first-order valence-corrected chi connectivity index (χ1v) is 10.3. The molecule has 0 aliphatic heterocycles. The van der Waals surface area contributed by atoms with Crippen molar-refractivity contribution in [3.8, 4) is 17.0 Å². The molecule has 0 spiro atoms. The molecule has 0 radical (unpaired) electrons. The highest BCUT2D eigenvalue weighted by molar-refractivity contribution is 6.08. The zero-order valence-corrected chi connectivity index (χ0v) is 18.2. The van der Waals surface area contributed by atoms with E-state index in [-0.39, 0.29) is 17.6 Å². The molecule has 7 heteroatoms. The average Bonchev–Trinajstić information content (AvgIpc) is 2.82. The molecule has 0 saturated heterocycles. The molecule has 0 aliphatic carbocycles. The van der Waals surface area contributed by atoms with Crippen LogP contribution in [0, 0.1) is 0 Å². The van der Waals surface area contributed by atoms with Gasteiger partial charge in [0.05, 0.1) is 22.5 Å². The summed E-state index contributed by atoms with van der Waals surface area (Å²) >= 11 is 0. The van der Waals surface area contributed by atoms with Gasteiger partial charge in [-0.15, -0.1) is 0 Å². The molecule has 0 atom stereocenters. The van der Waals surface area contributed by atoms with Gasteiger partial charge in [-0.1, -0.05) is 42.5 Å². The molecule has 2 amide bonds. The average molecular weight is 438 g/mol. The Balaban J connectivity index is 1.64. The molecule has 3 N–H and O–H groups in total. The van der Waals surface area contributed by atoms with Crippen LogP contribution in [0.2, 0.25) is 0 Å². The molecule has 1 heterocycles. The van der Waals surface area contributed by atoms with Gasteiger partial charge < -0.3 is 10.4 Å². The van der Waals surface area contributed by atoms with Gasteiger partial charge in [-0.25, -0.2) is 10.4 Å². The summed E-state index contributed by atoms with van der Waals surface area (Å²) in [6.45, 7) is 3.23. The predicted molar refractivity (Wildman–Crippen MR) is 129 cm³/mol. The van der Waals surface area contributed by atoms with Gasteiger partial charge in [0.15, 0.2) is 0 Å². The molecular weight excluding hydrogens is 416 g/mol. The zero-order chi connectivity index (χ0) is 23.4. The van der Waals surface area contributed by atoms with Gasteiger partial charge in [-0.2, -0.15) is 5.10 Å². The summed E-state index contributed by atoms with van der Waals surface area (Å²) < 4.78 is 0. The number of aromatic hydroxyl groups is 1. The maximum atomic E-state index is 13.1. The van der Waals surface area contributed by atoms with Crippen molar-refractivity contribution in [3.05, 3.63) is 90.0 Å². The normalized spacial score (nSPS) is 11.3. The van der Waals surface area contributed by atoms with Crippen molar-refractivity contribution in [1.82, 2.24) is 10.4 Å². The number of carbonyl (C=O) groups excluding carboxylic acids is 2. The number of amides is 2. The highest BCUT2D eigenvalue weighted by Gasteiger charge is 2.15. The van der Waals surface area contributed by atoms with Crippen LogP contribution >= 0.6 is 0 Å². The minimum absolute atomic E-state index is 0.0863. The van der Waals surface area contributed by atoms with Crippen molar-refractivity contribution in [2.24, 2.45) is 5.10 Å². The molecule has 0 fully saturated rings. The van der Waals surface area contributed by atoms with E-state index < -0.39 is 0 Å². The standard InChI is InChI=1S/C26H22N4O3/c1-16(18-11-13-19(14-12-18)27-17(2)31)29-30-26(33)22-15-24(21-8-4-6-10-25(21)32)28-23-9-5-3-7-20(22)23/h3-15,32H,1-2H3,(H,27,31)(H,30,33). The van der Waals surface area contributed by atoms with Crippen LogP contribution in [0.3, 0.4) is 0 Å². The molecule has 164 valence electrons. The largest absolute Gasteiger partial charge is 0.507 e. The second-order valence-corrected chi connectivity index (χ2v) is 7.49. The Morgan fingerprint density at radius 2 is 1.61 bits per heavy atom. The van der Waals surface area contributed by atoms with Gasteiger partial charge >= 0.3 is 0 Å². The van der Waals surface area contributed by atoms with Crippen LogP contribution in [-0.2, 0) is 4.79 Å². The monoisotopic (exact) mass is 438 g/mol. The first kappa shape index (κ1) is 21.7. The van der Waals surface area contributed by atoms with Gasteiger partial charge in [0.1, 0.15) is 5.75 Å². The second-order valence-electron chi connectivity index (χ2n) is 7.49. The summed E-state index contributed by atoms with van der Waals surface area (Å²) in [5.41, 5.74) is 6.78. The zero-order valence-electron chi connectivity index (χ0n) is 18.2. The molecule has 0 saturated carbocycles. The van der Waals surface area contributed by atoms with Crippen molar-refractivity contribution in [2.75, 3.05) is 5.32 Å². The van der Waals surface area contributed by atoms with E-state index in [1.807, 2.05) is 36.4 Å². The summed E-state index contributed by atoms with van der Waals surface area (Å²) in [6.07, 6.45) is 0. The second kappa shape index (κ2) is 9.32. The number of nitrogens with one attached hydrogen (secondary N) is 2. The highest BCUT2D eigenvalue weighted by atomic mass is 16.3. The Labute approximate surface area is 190 Å². The quantitative estimate of drug-likeness (QED) is 0.310. The number of carbonyl (C=O) groups is 2. The van der Waals surface area contributed by atoms with Crippen LogP contribution in [0.4, 0.5) is 5.69 Å². The lowest BCUT2D eigenvalue weighted by Crippen LogP contribution is -2.20. The lowest BCUT2D eigenvalue weighted by atomic mass is 10.0. The molecule has 0 bridgehead atoms. The van der Waals surface area contributed by atoms with Gasteiger partial charge in [-0.05, 0) is 48.9 Å². The first-order valence-electron chi connectivity index (χ1n) is 10.3. The number of pyridine rings is 1. The van der Waals surface area contributed by atoms with Crippen molar-refractivity contribution in [2.45, 2.75) is 13.8 Å². The van der Waals surface area contributed by atoms with Crippen LogP contribution in [0.15, 0.2) is 84.0 Å². The van der Waals surface area contributed by atoms with Gasteiger partial charge in [0.2, 0.25) is 5.91 Å². The van der Waals surface area contributed by atoms with E-state index in [0.29, 0.717) is 39.1 Å². The highest BCUT2D eigenvalue weighted by Crippen LogP contribution is 2.30. The van der Waals surface area contributed by atoms with Crippen LogP contribution in [-0.4, -0.2) is 27.6 Å². The van der Waals surface area contributed by atoms with Crippen LogP contribution in [0.5, 0.6) is 5.75 Å². The molecule has 0 unspecified atom stereocenters. The maximum Gasteiger partial charge on any atom is 0.272 e. The van der Waals surface area contributed by atoms with Crippen molar-refractivity contribution < 1.29 is 14.7 Å². The molecule has 3 aromatic carbocycles. The van der Waals surface area contributed by atoms with E-state index in [9.17, 15) is 14.7 Å². The van der Waals surface area contributed by atoms with Crippen molar-refractivity contribution in [1.29, 1.82) is 0 Å². The lowest BCUT2D eigenvalue weighted by Gasteiger charge is -2.10. The summed E-state index contributed by atoms with van der Waals surface area (Å²) in [5, 5.41) is 17.9. The molecule has 33 heavy (non-hydrogen) atoms. The maximum absolute atomic E-state index is 13.1. The number of aromatic nitrogens is 1. The van der Waals surface area contributed by atoms with E-state index in [2.05, 4.69) is 20.8 Å². The molecule has 4 rings (SSSR count). The lowest BCUT2D eigenvalue weighted by molar-refractivity contribution is -0.114. The summed E-state index contributed by atoms with van der Waals surface area (Å²) in [4.78, 5) is 28.9. The number of benzene rings is 3. The third-order valence-corrected chi connectivity index (χ3v) is 5.09. The van der Waals surface area contributed by atoms with Gasteiger partial charge in [0, 0.05) is 23.6 Å². The Morgan fingerprint density at radius 1 is 0.909 bits per heavy atom. The number of phenolic OH excluding ortho intramolecular Hbond substituents is 1. The number of hydrogen-bond donors (Lipinski definition) is 3. The van der Waals surface area contributed by atoms with Crippen molar-refractivity contribution in [3.63, 3.8) is 0 Å². The fourth-order valence-electron chi connectivity index (χ4n) is 3.45. The van der Waals surface area contributed by atoms with Crippen LogP contribution < -0.4 is 10.7 Å². The summed E-state index contributed by atoms with van der Waals surface area (Å²) in [6, 6.07) is 23.0. The van der Waals surface area contributed by atoms with Gasteiger partial charge in [-0.3, -0.25) is 9.59 Å². The number of fused-ring (bicyclic) bond motifs is 1. The van der Waals surface area contributed by atoms with Crippen LogP contribution in [0.1, 0.15) is 29.8 Å². The number of anilines is 1. The third kappa shape index (κ3) is 4.88. The van der Waals surface area contributed by atoms with E-state index >= 15 is 0 Å². The Hall–Kier alpha value is -4.52. The minimum atomic E-state index is -0.389. The van der Waals surface area contributed by atoms with E-state index in [0.717, 1.165) is 5.56 Å². The van der Waals surface area contributed by atoms with E-state index in [1.165, 1.54) is 6.92 Å². The Morgan fingerprint density at radius 3 is 2.33 bits per heavy atom. The van der Waals surface area contributed by atoms with Gasteiger partial charge in [0.25, 0.3) is 5.91 Å². The SMILES string of the molecule is CC(=O)Nc1ccc(C(C)=NNC(=O)c2cc(-c3ccccc3O)nc3ccccc23)cc1. The van der Waals surface area contributed by atoms with E-state index in [1.54, 1.807) is 49.4 Å². The summed E-state index contributed by atoms with van der Waals surface area (Å²) in [5.74, 6) is -0.448. The number of rotatable bonds is 5. The molecule has 1 aromatic heterocycles. The first-order chi connectivity index (χ1) is 15.9. The minimum Gasteiger partial charge on any atom is -0.507 e. The number of phenols is 1. The summed E-state index contributed by atoms with van der Waals surface area (Å²) in [7, 11) is 0. The molecular formula is C26H22N4O3. The Bertz CT molecular complexity index is 1380. The number of hydrogen-bond acceptors (Lipinski definition) is 5. The van der Waals surface area contributed by atoms with E-state index in [4.69, 9.17) is 0 Å². The molecule has 0 aliphatic rings.